The van der Waals surface area contributed by atoms with Gasteiger partial charge in [0.25, 0.3) is 0 Å². The lowest BCUT2D eigenvalue weighted by atomic mass is 9.98. The molecule has 0 unspecified atom stereocenters. The van der Waals surface area contributed by atoms with E-state index in [1.807, 2.05) is 24.3 Å². The Hall–Kier alpha value is -4.13. The van der Waals surface area contributed by atoms with Gasteiger partial charge in [-0.1, -0.05) is 60.7 Å². The van der Waals surface area contributed by atoms with Gasteiger partial charge in [0, 0.05) is 19.5 Å². The van der Waals surface area contributed by atoms with Crippen molar-refractivity contribution in [2.24, 2.45) is 5.41 Å². The molecule has 1 fully saturated rings. The molecule has 0 spiro atoms. The summed E-state index contributed by atoms with van der Waals surface area (Å²) in [7, 11) is 1.57. The van der Waals surface area contributed by atoms with Crippen LogP contribution in [0.3, 0.4) is 0 Å². The molecule has 7 nitrogen and oxygen atoms in total. The van der Waals surface area contributed by atoms with E-state index in [9.17, 15) is 19.5 Å². The molecule has 3 aromatic rings. The third kappa shape index (κ3) is 4.14. The number of anilines is 1. The maximum Gasteiger partial charge on any atom is 0.407 e. The van der Waals surface area contributed by atoms with E-state index in [-0.39, 0.29) is 30.5 Å². The molecule has 1 saturated carbocycles. The van der Waals surface area contributed by atoms with Crippen molar-refractivity contribution in [3.05, 3.63) is 89.5 Å². The summed E-state index contributed by atoms with van der Waals surface area (Å²) in [6, 6.07) is 22.6. The highest BCUT2D eigenvalue weighted by molar-refractivity contribution is 6.04. The second kappa shape index (κ2) is 8.91. The summed E-state index contributed by atoms with van der Waals surface area (Å²) in [6.07, 6.45) is 0.670. The third-order valence-corrected chi connectivity index (χ3v) is 7.02. The molecule has 0 aromatic heterocycles. The maximum absolute atomic E-state index is 13.2. The zero-order valence-electron chi connectivity index (χ0n) is 19.4. The summed E-state index contributed by atoms with van der Waals surface area (Å²) in [5.74, 6) is -1.35. The van der Waals surface area contributed by atoms with Crippen LogP contribution in [-0.2, 0) is 9.53 Å². The van der Waals surface area contributed by atoms with Crippen molar-refractivity contribution in [3.63, 3.8) is 0 Å². The third-order valence-electron chi connectivity index (χ3n) is 7.02. The van der Waals surface area contributed by atoms with Crippen molar-refractivity contribution in [3.8, 4) is 11.1 Å². The standard InChI is InChI=1S/C28H26N2O5/c1-30(24-13-7-6-12-22(24)25(31)32)26(33)28(14-15-28)17-29-27(34)35-16-23-20-10-4-2-8-18(20)19-9-3-5-11-21(19)23/h2-13,23H,14-17H2,1H3,(H,29,34)(H,31,32). The Morgan fingerprint density at radius 2 is 1.51 bits per heavy atom. The first-order chi connectivity index (χ1) is 16.9. The van der Waals surface area contributed by atoms with Crippen molar-refractivity contribution < 1.29 is 24.2 Å². The van der Waals surface area contributed by atoms with E-state index in [1.165, 1.54) is 11.0 Å². The van der Waals surface area contributed by atoms with Gasteiger partial charge >= 0.3 is 12.1 Å². The number of carboxylic acid groups (broad SMARTS) is 1. The Bertz CT molecular complexity index is 1270. The van der Waals surface area contributed by atoms with E-state index in [1.54, 1.807) is 25.2 Å². The number of alkyl carbamates (subject to hydrolysis) is 1. The van der Waals surface area contributed by atoms with Gasteiger partial charge in [0.2, 0.25) is 5.91 Å². The molecule has 0 bridgehead atoms. The van der Waals surface area contributed by atoms with Crippen LogP contribution in [0.2, 0.25) is 0 Å². The minimum absolute atomic E-state index is 0.0386. The molecule has 0 heterocycles. The van der Waals surface area contributed by atoms with Gasteiger partial charge in [-0.05, 0) is 47.2 Å². The Labute approximate surface area is 203 Å². The van der Waals surface area contributed by atoms with E-state index in [4.69, 9.17) is 4.74 Å². The topological polar surface area (TPSA) is 95.9 Å². The van der Waals surface area contributed by atoms with Gasteiger partial charge in [-0.3, -0.25) is 4.79 Å². The summed E-state index contributed by atoms with van der Waals surface area (Å²) in [6.45, 7) is 0.342. The summed E-state index contributed by atoms with van der Waals surface area (Å²) in [4.78, 5) is 38.7. The molecule has 2 amide bonds. The fourth-order valence-corrected chi connectivity index (χ4v) is 4.92. The lowest BCUT2D eigenvalue weighted by Gasteiger charge is -2.25. The van der Waals surface area contributed by atoms with Gasteiger partial charge < -0.3 is 20.1 Å². The Morgan fingerprint density at radius 3 is 2.11 bits per heavy atom. The van der Waals surface area contributed by atoms with E-state index in [0.29, 0.717) is 18.5 Å². The normalized spacial score (nSPS) is 15.0. The van der Waals surface area contributed by atoms with Crippen molar-refractivity contribution in [1.29, 1.82) is 0 Å². The second-order valence-electron chi connectivity index (χ2n) is 9.15. The number of aromatic carboxylic acids is 1. The van der Waals surface area contributed by atoms with Gasteiger partial charge in [0.05, 0.1) is 16.7 Å². The highest BCUT2D eigenvalue weighted by atomic mass is 16.5. The molecular formula is C28H26N2O5. The van der Waals surface area contributed by atoms with Crippen molar-refractivity contribution >= 4 is 23.7 Å². The van der Waals surface area contributed by atoms with Crippen LogP contribution in [0.1, 0.15) is 40.2 Å². The number of carboxylic acids is 1. The Balaban J connectivity index is 1.21. The highest BCUT2D eigenvalue weighted by Crippen LogP contribution is 2.47. The number of nitrogens with one attached hydrogen (secondary N) is 1. The fraction of sp³-hybridized carbons (Fsp3) is 0.250. The number of benzene rings is 3. The molecule has 2 aliphatic rings. The molecule has 7 heteroatoms. The van der Waals surface area contributed by atoms with Crippen molar-refractivity contribution in [2.75, 3.05) is 25.1 Å². The molecule has 5 rings (SSSR count). The van der Waals surface area contributed by atoms with Crippen LogP contribution in [0, 0.1) is 5.41 Å². The van der Waals surface area contributed by atoms with Crippen molar-refractivity contribution in [2.45, 2.75) is 18.8 Å². The molecule has 0 aliphatic heterocycles. The number of hydrogen-bond acceptors (Lipinski definition) is 4. The molecule has 35 heavy (non-hydrogen) atoms. The summed E-state index contributed by atoms with van der Waals surface area (Å²) >= 11 is 0. The SMILES string of the molecule is CN(C(=O)C1(CNC(=O)OCC2c3ccccc3-c3ccccc32)CC1)c1ccccc1C(=O)O. The van der Waals surface area contributed by atoms with Gasteiger partial charge in [-0.15, -0.1) is 0 Å². The van der Waals surface area contributed by atoms with Gasteiger partial charge in [-0.2, -0.15) is 0 Å². The first-order valence-corrected chi connectivity index (χ1v) is 11.6. The first-order valence-electron chi connectivity index (χ1n) is 11.6. The molecule has 3 aromatic carbocycles. The number of rotatable bonds is 7. The van der Waals surface area contributed by atoms with Crippen LogP contribution in [0.25, 0.3) is 11.1 Å². The van der Waals surface area contributed by atoms with Crippen LogP contribution in [-0.4, -0.2) is 43.3 Å². The lowest BCUT2D eigenvalue weighted by molar-refractivity contribution is -0.123. The van der Waals surface area contributed by atoms with Crippen LogP contribution >= 0.6 is 0 Å². The van der Waals surface area contributed by atoms with E-state index < -0.39 is 17.5 Å². The quantitative estimate of drug-likeness (QED) is 0.523. The number of carbonyl (C=O) groups is 3. The fourth-order valence-electron chi connectivity index (χ4n) is 4.92. The minimum atomic E-state index is -1.10. The molecular weight excluding hydrogens is 444 g/mol. The lowest BCUT2D eigenvalue weighted by Crippen LogP contribution is -2.42. The second-order valence-corrected chi connectivity index (χ2v) is 9.15. The number of amides is 2. The summed E-state index contributed by atoms with van der Waals surface area (Å²) in [5.41, 5.74) is 4.23. The number of nitrogens with zero attached hydrogens (tertiary/aromatic N) is 1. The predicted molar refractivity (Wildman–Crippen MR) is 132 cm³/mol. The molecule has 2 aliphatic carbocycles. The average Bonchev–Trinajstić information content (AvgIpc) is 3.61. The molecule has 0 atom stereocenters. The Kier molecular flexibility index (Phi) is 5.76. The number of fused-ring (bicyclic) bond motifs is 3. The first kappa shape index (κ1) is 22.7. The van der Waals surface area contributed by atoms with Crippen molar-refractivity contribution in [1.82, 2.24) is 5.32 Å². The summed E-state index contributed by atoms with van der Waals surface area (Å²) in [5, 5.41) is 12.2. The predicted octanol–water partition coefficient (Wildman–Crippen LogP) is 4.67. The number of carbonyl (C=O) groups excluding carboxylic acids is 2. The summed E-state index contributed by atoms with van der Waals surface area (Å²) < 4.78 is 5.59. The van der Waals surface area contributed by atoms with Crippen LogP contribution in [0.4, 0.5) is 10.5 Å². The number of hydrogen-bond donors (Lipinski definition) is 2. The zero-order chi connectivity index (χ0) is 24.6. The van der Waals surface area contributed by atoms with Crippen LogP contribution in [0.15, 0.2) is 72.8 Å². The smallest absolute Gasteiger partial charge is 0.407 e. The largest absolute Gasteiger partial charge is 0.478 e. The maximum atomic E-state index is 13.2. The number of para-hydroxylation sites is 1. The van der Waals surface area contributed by atoms with E-state index in [0.717, 1.165) is 22.3 Å². The zero-order valence-corrected chi connectivity index (χ0v) is 19.4. The van der Waals surface area contributed by atoms with E-state index in [2.05, 4.69) is 29.6 Å². The minimum Gasteiger partial charge on any atom is -0.478 e. The molecule has 178 valence electrons. The Morgan fingerprint density at radius 1 is 0.943 bits per heavy atom. The van der Waals surface area contributed by atoms with Gasteiger partial charge in [0.15, 0.2) is 0 Å². The molecule has 2 N–H and O–H groups in total. The monoisotopic (exact) mass is 470 g/mol. The average molecular weight is 471 g/mol. The van der Waals surface area contributed by atoms with Crippen LogP contribution in [0.5, 0.6) is 0 Å². The van der Waals surface area contributed by atoms with E-state index >= 15 is 0 Å². The molecule has 0 saturated heterocycles. The highest BCUT2D eigenvalue weighted by Gasteiger charge is 2.51. The van der Waals surface area contributed by atoms with Gasteiger partial charge in [-0.25, -0.2) is 9.59 Å². The van der Waals surface area contributed by atoms with Crippen LogP contribution < -0.4 is 10.2 Å². The molecule has 0 radical (unpaired) electrons. The van der Waals surface area contributed by atoms with Gasteiger partial charge in [0.1, 0.15) is 6.61 Å². The number of ether oxygens (including phenoxy) is 1.